The summed E-state index contributed by atoms with van der Waals surface area (Å²) in [5, 5.41) is 9.66. The van der Waals surface area contributed by atoms with Crippen molar-refractivity contribution in [2.45, 2.75) is 26.2 Å². The van der Waals surface area contributed by atoms with Gasteiger partial charge in [-0.2, -0.15) is 0 Å². The molecular weight excluding hydrogens is 234 g/mol. The third-order valence-corrected chi connectivity index (χ3v) is 2.86. The Morgan fingerprint density at radius 2 is 1.88 bits per heavy atom. The van der Waals surface area contributed by atoms with Crippen molar-refractivity contribution in [3.05, 3.63) is 29.8 Å². The molecular formula is C14H24ClNO. The van der Waals surface area contributed by atoms with Gasteiger partial charge in [0.05, 0.1) is 0 Å². The molecule has 98 valence electrons. The number of phenols is 1. The van der Waals surface area contributed by atoms with E-state index in [2.05, 4.69) is 25.9 Å². The minimum absolute atomic E-state index is 0. The zero-order chi connectivity index (χ0) is 12.0. The molecule has 0 amide bonds. The standard InChI is InChI=1S/C14H23NO.ClH/c1-12(7-6-10-15(2)3)11-13-8-4-5-9-14(13)16;/h4-5,8-9,12,16H,6-7,10-11H2,1-3H3;1H/t12-;/m1./s1. The minimum atomic E-state index is 0. The summed E-state index contributed by atoms with van der Waals surface area (Å²) in [7, 11) is 4.21. The summed E-state index contributed by atoms with van der Waals surface area (Å²) in [4.78, 5) is 2.21. The molecule has 0 fully saturated rings. The second-order valence-corrected chi connectivity index (χ2v) is 4.88. The third kappa shape index (κ3) is 6.54. The topological polar surface area (TPSA) is 23.5 Å². The Morgan fingerprint density at radius 1 is 1.24 bits per heavy atom. The Balaban J connectivity index is 0.00000256. The molecule has 0 spiro atoms. The Kier molecular flexibility index (Phi) is 8.01. The molecule has 1 aromatic rings. The van der Waals surface area contributed by atoms with Gasteiger partial charge < -0.3 is 10.0 Å². The van der Waals surface area contributed by atoms with E-state index in [1.807, 2.05) is 18.2 Å². The average molecular weight is 258 g/mol. The zero-order valence-corrected chi connectivity index (χ0v) is 11.8. The molecule has 0 heterocycles. The van der Waals surface area contributed by atoms with Crippen LogP contribution in [0.4, 0.5) is 0 Å². The smallest absolute Gasteiger partial charge is 0.118 e. The highest BCUT2D eigenvalue weighted by Crippen LogP contribution is 2.21. The van der Waals surface area contributed by atoms with E-state index in [1.54, 1.807) is 6.07 Å². The summed E-state index contributed by atoms with van der Waals surface area (Å²) in [6, 6.07) is 7.64. The van der Waals surface area contributed by atoms with E-state index in [0.29, 0.717) is 11.7 Å². The van der Waals surface area contributed by atoms with E-state index in [-0.39, 0.29) is 12.4 Å². The molecule has 0 unspecified atom stereocenters. The molecule has 0 aliphatic heterocycles. The molecule has 0 aromatic heterocycles. The van der Waals surface area contributed by atoms with Crippen LogP contribution in [-0.2, 0) is 6.42 Å². The maximum absolute atomic E-state index is 9.66. The lowest BCUT2D eigenvalue weighted by Crippen LogP contribution is -2.14. The quantitative estimate of drug-likeness (QED) is 0.845. The first-order chi connectivity index (χ1) is 7.59. The highest BCUT2D eigenvalue weighted by Gasteiger charge is 2.06. The van der Waals surface area contributed by atoms with Crippen LogP contribution in [0, 0.1) is 5.92 Å². The number of hydrogen-bond donors (Lipinski definition) is 1. The summed E-state index contributed by atoms with van der Waals surface area (Å²) >= 11 is 0. The van der Waals surface area contributed by atoms with Crippen molar-refractivity contribution in [3.63, 3.8) is 0 Å². The number of hydrogen-bond acceptors (Lipinski definition) is 2. The minimum Gasteiger partial charge on any atom is -0.508 e. The van der Waals surface area contributed by atoms with Gasteiger partial charge in [0.25, 0.3) is 0 Å². The van der Waals surface area contributed by atoms with Crippen molar-refractivity contribution < 1.29 is 5.11 Å². The number of nitrogens with zero attached hydrogens (tertiary/aromatic N) is 1. The molecule has 0 aliphatic rings. The normalized spacial score (nSPS) is 12.2. The molecule has 0 saturated heterocycles. The van der Waals surface area contributed by atoms with E-state index in [1.165, 1.54) is 12.8 Å². The van der Waals surface area contributed by atoms with Crippen LogP contribution in [0.1, 0.15) is 25.3 Å². The van der Waals surface area contributed by atoms with Crippen LogP contribution in [0.5, 0.6) is 5.75 Å². The molecule has 1 aromatic carbocycles. The number of aromatic hydroxyl groups is 1. The fourth-order valence-corrected chi connectivity index (χ4v) is 1.92. The SMILES string of the molecule is C[C@H](CCCN(C)C)Cc1ccccc1O.Cl. The molecule has 0 saturated carbocycles. The molecule has 2 nitrogen and oxygen atoms in total. The van der Waals surface area contributed by atoms with Gasteiger partial charge in [0, 0.05) is 0 Å². The predicted octanol–water partition coefficient (Wildman–Crippen LogP) is 3.33. The van der Waals surface area contributed by atoms with Crippen molar-refractivity contribution in [2.24, 2.45) is 5.92 Å². The monoisotopic (exact) mass is 257 g/mol. The van der Waals surface area contributed by atoms with Crippen LogP contribution in [0.15, 0.2) is 24.3 Å². The van der Waals surface area contributed by atoms with E-state index >= 15 is 0 Å². The van der Waals surface area contributed by atoms with Gasteiger partial charge >= 0.3 is 0 Å². The number of halogens is 1. The maximum atomic E-state index is 9.66. The largest absolute Gasteiger partial charge is 0.508 e. The number of para-hydroxylation sites is 1. The van der Waals surface area contributed by atoms with Gasteiger partial charge in [0.15, 0.2) is 0 Å². The lowest BCUT2D eigenvalue weighted by molar-refractivity contribution is 0.370. The average Bonchev–Trinajstić information content (AvgIpc) is 2.21. The molecule has 1 rings (SSSR count). The maximum Gasteiger partial charge on any atom is 0.118 e. The van der Waals surface area contributed by atoms with Crippen LogP contribution in [0.2, 0.25) is 0 Å². The van der Waals surface area contributed by atoms with E-state index in [9.17, 15) is 5.11 Å². The third-order valence-electron chi connectivity index (χ3n) is 2.86. The highest BCUT2D eigenvalue weighted by atomic mass is 35.5. The van der Waals surface area contributed by atoms with Crippen LogP contribution in [0.25, 0.3) is 0 Å². The van der Waals surface area contributed by atoms with Crippen LogP contribution in [-0.4, -0.2) is 30.6 Å². The molecule has 1 atom stereocenters. The second kappa shape index (κ2) is 8.37. The number of benzene rings is 1. The van der Waals surface area contributed by atoms with Crippen molar-refractivity contribution >= 4 is 12.4 Å². The van der Waals surface area contributed by atoms with Crippen molar-refractivity contribution in [3.8, 4) is 5.75 Å². The predicted molar refractivity (Wildman–Crippen MR) is 76.0 cm³/mol. The van der Waals surface area contributed by atoms with Crippen molar-refractivity contribution in [2.75, 3.05) is 20.6 Å². The van der Waals surface area contributed by atoms with E-state index in [4.69, 9.17) is 0 Å². The Labute approximate surface area is 111 Å². The molecule has 0 aliphatic carbocycles. The van der Waals surface area contributed by atoms with Crippen LogP contribution >= 0.6 is 12.4 Å². The van der Waals surface area contributed by atoms with E-state index < -0.39 is 0 Å². The van der Waals surface area contributed by atoms with Gasteiger partial charge in [-0.25, -0.2) is 0 Å². The summed E-state index contributed by atoms with van der Waals surface area (Å²) in [6.45, 7) is 3.40. The molecule has 1 N–H and O–H groups in total. The summed E-state index contributed by atoms with van der Waals surface area (Å²) in [5.74, 6) is 1.07. The van der Waals surface area contributed by atoms with Gasteiger partial charge in [0.2, 0.25) is 0 Å². The lowest BCUT2D eigenvalue weighted by Gasteiger charge is -2.14. The molecule has 0 bridgehead atoms. The summed E-state index contributed by atoms with van der Waals surface area (Å²) < 4.78 is 0. The van der Waals surface area contributed by atoms with Crippen LogP contribution in [0.3, 0.4) is 0 Å². The van der Waals surface area contributed by atoms with E-state index in [0.717, 1.165) is 18.5 Å². The van der Waals surface area contributed by atoms with Gasteiger partial charge in [-0.3, -0.25) is 0 Å². The van der Waals surface area contributed by atoms with Gasteiger partial charge in [-0.1, -0.05) is 25.1 Å². The lowest BCUT2D eigenvalue weighted by atomic mass is 9.96. The molecule has 17 heavy (non-hydrogen) atoms. The second-order valence-electron chi connectivity index (χ2n) is 4.88. The summed E-state index contributed by atoms with van der Waals surface area (Å²) in [5.41, 5.74) is 1.07. The summed E-state index contributed by atoms with van der Waals surface area (Å²) in [6.07, 6.45) is 3.41. The van der Waals surface area contributed by atoms with Gasteiger partial charge in [-0.15, -0.1) is 12.4 Å². The fourth-order valence-electron chi connectivity index (χ4n) is 1.92. The molecule has 3 heteroatoms. The molecule has 0 radical (unpaired) electrons. The number of phenolic OH excluding ortho intramolecular Hbond substituents is 1. The van der Waals surface area contributed by atoms with Gasteiger partial charge in [0.1, 0.15) is 5.75 Å². The first-order valence-corrected chi connectivity index (χ1v) is 6.01. The van der Waals surface area contributed by atoms with Crippen LogP contribution < -0.4 is 0 Å². The first-order valence-electron chi connectivity index (χ1n) is 6.01. The first kappa shape index (κ1) is 16.3. The Bertz CT molecular complexity index is 315. The zero-order valence-electron chi connectivity index (χ0n) is 11.0. The number of rotatable bonds is 6. The Hall–Kier alpha value is -0.730. The highest BCUT2D eigenvalue weighted by molar-refractivity contribution is 5.85. The fraction of sp³-hybridized carbons (Fsp3) is 0.571. The van der Waals surface area contributed by atoms with Crippen molar-refractivity contribution in [1.29, 1.82) is 0 Å². The van der Waals surface area contributed by atoms with Crippen molar-refractivity contribution in [1.82, 2.24) is 4.90 Å². The Morgan fingerprint density at radius 3 is 2.47 bits per heavy atom. The van der Waals surface area contributed by atoms with Gasteiger partial charge in [-0.05, 0) is 57.5 Å².